The van der Waals surface area contributed by atoms with E-state index in [9.17, 15) is 20.1 Å². The number of phenols is 1. The van der Waals surface area contributed by atoms with Crippen molar-refractivity contribution in [1.82, 2.24) is 0 Å². The van der Waals surface area contributed by atoms with Crippen LogP contribution in [0.1, 0.15) is 39.9 Å². The number of aliphatic hydroxyl groups is 2. The predicted molar refractivity (Wildman–Crippen MR) is 156 cm³/mol. The number of phenolic OH excluding ortho intramolecular Hbond substituents is 1. The van der Waals surface area contributed by atoms with Crippen LogP contribution in [0.15, 0.2) is 41.8 Å². The van der Waals surface area contributed by atoms with E-state index in [-0.39, 0.29) is 37.3 Å². The first-order chi connectivity index (χ1) is 22.4. The molecule has 244 valence electrons. The molecule has 0 radical (unpaired) electrons. The molecule has 0 saturated carbocycles. The molecular formula is C32H32O13S. The second-order valence-corrected chi connectivity index (χ2v) is 12.7. The smallest absolute Gasteiger partial charge is 0.310 e. The minimum absolute atomic E-state index is 0.0242. The molecule has 0 spiro atoms. The number of cyclic esters (lactones) is 1. The molecule has 1 unspecified atom stereocenters. The number of fused-ring (bicyclic) bond motifs is 4. The Balaban J connectivity index is 1.16. The first kappa shape index (κ1) is 29.8. The summed E-state index contributed by atoms with van der Waals surface area (Å²) >= 11 is 1.46. The third kappa shape index (κ3) is 4.70. The van der Waals surface area contributed by atoms with Crippen LogP contribution >= 0.6 is 11.3 Å². The summed E-state index contributed by atoms with van der Waals surface area (Å²) in [5.41, 5.74) is 2.00. The van der Waals surface area contributed by atoms with Gasteiger partial charge >= 0.3 is 5.97 Å². The maximum absolute atomic E-state index is 13.5. The maximum atomic E-state index is 13.5. The minimum atomic E-state index is -1.47. The summed E-state index contributed by atoms with van der Waals surface area (Å²) in [5.74, 6) is -1.08. The zero-order valence-electron chi connectivity index (χ0n) is 24.8. The molecule has 5 aliphatic rings. The van der Waals surface area contributed by atoms with Crippen molar-refractivity contribution in [2.75, 3.05) is 34.2 Å². The SMILES string of the molecule is COc1cc(C2c3cc4c(cc3[C@@H](O[C@@H]3O[C@@H]5CO[C@@H](c6cccs6)O[C@H]5[C@H](O)[C@H]3O)[C@H]3COC(=O)[C@H]23)OCO4)cc(OC)c1O. The fourth-order valence-electron chi connectivity index (χ4n) is 7.18. The summed E-state index contributed by atoms with van der Waals surface area (Å²) < 4.78 is 52.6. The van der Waals surface area contributed by atoms with Crippen molar-refractivity contribution >= 4 is 17.3 Å². The Morgan fingerprint density at radius 1 is 0.913 bits per heavy atom. The van der Waals surface area contributed by atoms with Crippen molar-refractivity contribution in [2.24, 2.45) is 11.8 Å². The lowest BCUT2D eigenvalue weighted by atomic mass is 9.66. The third-order valence-corrected chi connectivity index (χ3v) is 10.3. The van der Waals surface area contributed by atoms with Gasteiger partial charge in [0.05, 0.1) is 44.3 Å². The standard InChI is InChI=1S/C32H32O13S/c1-37-19-6-13(7-20(38-2)25(19)33)23-14-8-17-18(42-12-41-17)9-15(14)28(16-10-39-30(36)24(16)23)44-32-27(35)26(34)29-21(43-32)11-40-31(45-29)22-4-3-5-46-22/h3-9,16,21,23-24,26-29,31-35H,10-12H2,1-2H3/t16-,21+,23?,24-,26+,27+,28+,29+,31+,32-/m0/s1. The molecule has 8 rings (SSSR count). The molecule has 1 aliphatic carbocycles. The second-order valence-electron chi connectivity index (χ2n) is 11.8. The van der Waals surface area contributed by atoms with Crippen molar-refractivity contribution < 1.29 is 62.7 Å². The lowest BCUT2D eigenvalue weighted by Gasteiger charge is -2.48. The third-order valence-electron chi connectivity index (χ3n) is 9.37. The van der Waals surface area contributed by atoms with Crippen LogP contribution in [-0.4, -0.2) is 86.2 Å². The number of ether oxygens (including phenoxy) is 9. The molecule has 3 saturated heterocycles. The van der Waals surface area contributed by atoms with Crippen molar-refractivity contribution in [1.29, 1.82) is 0 Å². The highest BCUT2D eigenvalue weighted by atomic mass is 32.1. The second kappa shape index (κ2) is 11.6. The molecule has 0 bridgehead atoms. The minimum Gasteiger partial charge on any atom is -0.502 e. The average molecular weight is 657 g/mol. The van der Waals surface area contributed by atoms with Crippen LogP contribution in [-0.2, 0) is 28.5 Å². The van der Waals surface area contributed by atoms with Crippen LogP contribution in [0.2, 0.25) is 0 Å². The van der Waals surface area contributed by atoms with Gasteiger partial charge in [-0.25, -0.2) is 0 Å². The number of esters is 1. The van der Waals surface area contributed by atoms with Crippen LogP contribution in [0.25, 0.3) is 0 Å². The Morgan fingerprint density at radius 2 is 1.65 bits per heavy atom. The molecule has 46 heavy (non-hydrogen) atoms. The van der Waals surface area contributed by atoms with E-state index < -0.39 is 66.8 Å². The van der Waals surface area contributed by atoms with Crippen LogP contribution in [0.4, 0.5) is 0 Å². The summed E-state index contributed by atoms with van der Waals surface area (Å²) in [7, 11) is 2.86. The summed E-state index contributed by atoms with van der Waals surface area (Å²) in [6.45, 7) is 0.171. The van der Waals surface area contributed by atoms with Gasteiger partial charge in [0.1, 0.15) is 24.4 Å². The molecule has 3 fully saturated rings. The van der Waals surface area contributed by atoms with E-state index in [1.807, 2.05) is 23.6 Å². The van der Waals surface area contributed by atoms with Gasteiger partial charge in [-0.05, 0) is 52.4 Å². The van der Waals surface area contributed by atoms with Gasteiger partial charge in [-0.15, -0.1) is 11.3 Å². The highest BCUT2D eigenvalue weighted by molar-refractivity contribution is 7.10. The first-order valence-corrected chi connectivity index (χ1v) is 15.8. The average Bonchev–Trinajstić information content (AvgIpc) is 3.85. The summed E-state index contributed by atoms with van der Waals surface area (Å²) in [6.07, 6.45) is -7.16. The number of aliphatic hydroxyl groups excluding tert-OH is 2. The summed E-state index contributed by atoms with van der Waals surface area (Å²) in [4.78, 5) is 14.3. The fraction of sp³-hybridized carbons (Fsp3) is 0.469. The highest BCUT2D eigenvalue weighted by Gasteiger charge is 2.56. The Bertz CT molecular complexity index is 1600. The Morgan fingerprint density at radius 3 is 2.35 bits per heavy atom. The number of carbonyl (C=O) groups excluding carboxylic acids is 1. The molecular weight excluding hydrogens is 624 g/mol. The Hall–Kier alpha value is -3.63. The van der Waals surface area contributed by atoms with E-state index in [1.54, 1.807) is 18.2 Å². The molecule has 13 nitrogen and oxygen atoms in total. The molecule has 3 N–H and O–H groups in total. The van der Waals surface area contributed by atoms with Gasteiger partial charge < -0.3 is 58.0 Å². The van der Waals surface area contributed by atoms with Crippen LogP contribution < -0.4 is 18.9 Å². The number of carbonyl (C=O) groups is 1. The lowest BCUT2D eigenvalue weighted by Crippen LogP contribution is -2.62. The predicted octanol–water partition coefficient (Wildman–Crippen LogP) is 2.75. The van der Waals surface area contributed by atoms with E-state index in [0.717, 1.165) is 4.88 Å². The molecule has 0 amide bonds. The summed E-state index contributed by atoms with van der Waals surface area (Å²) in [5, 5.41) is 35.0. The molecule has 3 aromatic rings. The van der Waals surface area contributed by atoms with Crippen molar-refractivity contribution in [2.45, 2.75) is 49.0 Å². The topological polar surface area (TPSA) is 161 Å². The molecule has 4 aliphatic heterocycles. The number of hydrogen-bond acceptors (Lipinski definition) is 14. The van der Waals surface area contributed by atoms with Crippen LogP contribution in [0.5, 0.6) is 28.7 Å². The maximum Gasteiger partial charge on any atom is 0.310 e. The van der Waals surface area contributed by atoms with Crippen molar-refractivity contribution in [3.05, 3.63) is 63.3 Å². The van der Waals surface area contributed by atoms with Gasteiger partial charge in [-0.1, -0.05) is 6.07 Å². The van der Waals surface area contributed by atoms with Gasteiger partial charge in [-0.2, -0.15) is 0 Å². The van der Waals surface area contributed by atoms with E-state index in [4.69, 9.17) is 42.6 Å². The number of aromatic hydroxyl groups is 1. The van der Waals surface area contributed by atoms with Gasteiger partial charge in [0, 0.05) is 11.8 Å². The quantitative estimate of drug-likeness (QED) is 0.333. The van der Waals surface area contributed by atoms with E-state index in [2.05, 4.69) is 0 Å². The number of benzene rings is 2. The molecule has 1 aromatic heterocycles. The van der Waals surface area contributed by atoms with Gasteiger partial charge in [0.2, 0.25) is 12.5 Å². The number of methoxy groups -OCH3 is 2. The summed E-state index contributed by atoms with van der Waals surface area (Å²) in [6, 6.07) is 10.7. The lowest BCUT2D eigenvalue weighted by molar-refractivity contribution is -0.368. The van der Waals surface area contributed by atoms with Crippen molar-refractivity contribution in [3.63, 3.8) is 0 Å². The number of thiophene rings is 1. The zero-order chi connectivity index (χ0) is 31.7. The molecule has 10 atom stereocenters. The molecule has 5 heterocycles. The largest absolute Gasteiger partial charge is 0.502 e. The van der Waals surface area contributed by atoms with Crippen LogP contribution in [0.3, 0.4) is 0 Å². The van der Waals surface area contributed by atoms with Gasteiger partial charge in [0.25, 0.3) is 0 Å². The van der Waals surface area contributed by atoms with Crippen molar-refractivity contribution in [3.8, 4) is 28.7 Å². The number of rotatable bonds is 6. The number of hydrogen-bond donors (Lipinski definition) is 3. The van der Waals surface area contributed by atoms with Gasteiger partial charge in [-0.3, -0.25) is 4.79 Å². The molecule has 14 heteroatoms. The van der Waals surface area contributed by atoms with Crippen LogP contribution in [0, 0.1) is 11.8 Å². The molecule has 2 aromatic carbocycles. The normalized spacial score (nSPS) is 34.3. The highest BCUT2D eigenvalue weighted by Crippen LogP contribution is 2.57. The first-order valence-electron chi connectivity index (χ1n) is 14.9. The van der Waals surface area contributed by atoms with E-state index in [1.165, 1.54) is 25.6 Å². The van der Waals surface area contributed by atoms with E-state index >= 15 is 0 Å². The monoisotopic (exact) mass is 656 g/mol. The zero-order valence-corrected chi connectivity index (χ0v) is 25.6. The Labute approximate surface area is 267 Å². The van der Waals surface area contributed by atoms with E-state index in [0.29, 0.717) is 28.2 Å². The fourth-order valence-corrected chi connectivity index (χ4v) is 7.89. The van der Waals surface area contributed by atoms with Gasteiger partial charge in [0.15, 0.2) is 35.6 Å². The Kier molecular flexibility index (Phi) is 7.48.